The topological polar surface area (TPSA) is 104 Å². The number of para-hydroxylation sites is 1. The van der Waals surface area contributed by atoms with Crippen LogP contribution in [-0.2, 0) is 21.1 Å². The Kier molecular flexibility index (Phi) is 4.57. The summed E-state index contributed by atoms with van der Waals surface area (Å²) in [6.07, 6.45) is 4.28. The van der Waals surface area contributed by atoms with Crippen LogP contribution in [0.4, 0.5) is 11.5 Å². The molecule has 3 aromatic rings. The molecule has 0 aliphatic carbocycles. The first-order chi connectivity index (χ1) is 13.0. The van der Waals surface area contributed by atoms with Crippen molar-refractivity contribution in [3.8, 4) is 0 Å². The summed E-state index contributed by atoms with van der Waals surface area (Å²) in [5.74, 6) is 0.834. The average molecular weight is 384 g/mol. The first-order valence-electron chi connectivity index (χ1n) is 8.76. The second-order valence-electron chi connectivity index (χ2n) is 6.76. The average Bonchev–Trinajstić information content (AvgIpc) is 3.20. The van der Waals surface area contributed by atoms with Crippen molar-refractivity contribution in [2.75, 3.05) is 22.1 Å². The lowest BCUT2D eigenvalue weighted by atomic mass is 10.1. The van der Waals surface area contributed by atoms with Crippen LogP contribution in [0.5, 0.6) is 0 Å². The maximum Gasteiger partial charge on any atom is 0.228 e. The second-order valence-corrected chi connectivity index (χ2v) is 8.99. The van der Waals surface area contributed by atoms with Gasteiger partial charge < -0.3 is 15.6 Å². The molecule has 1 amide bonds. The summed E-state index contributed by atoms with van der Waals surface area (Å²) < 4.78 is 23.0. The Labute approximate surface area is 157 Å². The van der Waals surface area contributed by atoms with Gasteiger partial charge in [-0.05, 0) is 30.2 Å². The van der Waals surface area contributed by atoms with E-state index in [-0.39, 0.29) is 29.9 Å². The lowest BCUT2D eigenvalue weighted by molar-refractivity contribution is -0.115. The number of H-pyrrole nitrogens is 1. The van der Waals surface area contributed by atoms with Gasteiger partial charge in [-0.25, -0.2) is 13.4 Å². The van der Waals surface area contributed by atoms with Gasteiger partial charge in [-0.2, -0.15) is 0 Å². The Morgan fingerprint density at radius 1 is 1.22 bits per heavy atom. The third kappa shape index (κ3) is 4.11. The van der Waals surface area contributed by atoms with Gasteiger partial charge in [-0.1, -0.05) is 18.2 Å². The summed E-state index contributed by atoms with van der Waals surface area (Å²) in [6.45, 7) is 0. The van der Waals surface area contributed by atoms with Gasteiger partial charge in [0.1, 0.15) is 5.82 Å². The molecular weight excluding hydrogens is 364 g/mol. The van der Waals surface area contributed by atoms with Gasteiger partial charge in [-0.15, -0.1) is 0 Å². The van der Waals surface area contributed by atoms with Crippen molar-refractivity contribution in [3.05, 3.63) is 54.4 Å². The van der Waals surface area contributed by atoms with Crippen LogP contribution >= 0.6 is 0 Å². The molecular formula is C19H20N4O3S. The number of fused-ring (bicyclic) bond motifs is 1. The van der Waals surface area contributed by atoms with E-state index in [4.69, 9.17) is 0 Å². The van der Waals surface area contributed by atoms with Crippen LogP contribution in [0.2, 0.25) is 0 Å². The minimum atomic E-state index is -2.93. The van der Waals surface area contributed by atoms with Crippen LogP contribution in [0.1, 0.15) is 12.0 Å². The molecule has 140 valence electrons. The predicted molar refractivity (Wildman–Crippen MR) is 106 cm³/mol. The van der Waals surface area contributed by atoms with Crippen LogP contribution in [0.3, 0.4) is 0 Å². The molecule has 0 radical (unpaired) electrons. The molecule has 7 nitrogen and oxygen atoms in total. The van der Waals surface area contributed by atoms with E-state index < -0.39 is 9.84 Å². The van der Waals surface area contributed by atoms with Crippen LogP contribution in [0.25, 0.3) is 10.9 Å². The number of aromatic amines is 1. The fourth-order valence-electron chi connectivity index (χ4n) is 3.33. The molecule has 4 rings (SSSR count). The zero-order valence-corrected chi connectivity index (χ0v) is 15.4. The van der Waals surface area contributed by atoms with E-state index in [1.165, 1.54) is 0 Å². The molecule has 1 atom stereocenters. The van der Waals surface area contributed by atoms with Gasteiger partial charge in [0.15, 0.2) is 9.84 Å². The van der Waals surface area contributed by atoms with E-state index in [1.54, 1.807) is 18.3 Å². The number of nitrogens with one attached hydrogen (secondary N) is 3. The number of carbonyl (C=O) groups is 1. The van der Waals surface area contributed by atoms with Crippen LogP contribution in [-0.4, -0.2) is 41.8 Å². The summed E-state index contributed by atoms with van der Waals surface area (Å²) in [5, 5.41) is 7.00. The van der Waals surface area contributed by atoms with Crippen molar-refractivity contribution >= 4 is 38.2 Å². The minimum Gasteiger partial charge on any atom is -0.366 e. The maximum atomic E-state index is 12.3. The first-order valence-corrected chi connectivity index (χ1v) is 10.6. The Balaban J connectivity index is 1.36. The number of nitrogens with zero attached hydrogens (tertiary/aromatic N) is 1. The van der Waals surface area contributed by atoms with Crippen LogP contribution < -0.4 is 10.6 Å². The van der Waals surface area contributed by atoms with Crippen LogP contribution in [0, 0.1) is 0 Å². The van der Waals surface area contributed by atoms with Gasteiger partial charge in [-0.3, -0.25) is 4.79 Å². The quantitative estimate of drug-likeness (QED) is 0.626. The summed E-state index contributed by atoms with van der Waals surface area (Å²) in [4.78, 5) is 19.7. The van der Waals surface area contributed by atoms with Crippen molar-refractivity contribution in [1.82, 2.24) is 9.97 Å². The molecule has 1 aromatic carbocycles. The van der Waals surface area contributed by atoms with E-state index >= 15 is 0 Å². The molecule has 0 saturated carbocycles. The summed E-state index contributed by atoms with van der Waals surface area (Å²) >= 11 is 0. The highest BCUT2D eigenvalue weighted by atomic mass is 32.2. The molecule has 0 bridgehead atoms. The van der Waals surface area contributed by atoms with Crippen molar-refractivity contribution in [3.63, 3.8) is 0 Å². The second kappa shape index (κ2) is 7.03. The molecule has 1 fully saturated rings. The van der Waals surface area contributed by atoms with E-state index in [0.29, 0.717) is 17.9 Å². The number of pyridine rings is 1. The number of anilines is 2. The monoisotopic (exact) mass is 384 g/mol. The summed E-state index contributed by atoms with van der Waals surface area (Å²) in [6, 6.07) is 11.2. The highest BCUT2D eigenvalue weighted by Gasteiger charge is 2.27. The van der Waals surface area contributed by atoms with Crippen molar-refractivity contribution < 1.29 is 13.2 Å². The number of hydrogen-bond acceptors (Lipinski definition) is 5. The molecule has 1 saturated heterocycles. The number of hydrogen-bond donors (Lipinski definition) is 3. The normalized spacial score (nSPS) is 18.4. The standard InChI is InChI=1S/C19H20N4O3S/c24-19(9-13-10-20-17-4-2-1-3-16(13)17)23-14-5-6-18(21-11-14)22-15-7-8-27(25,26)12-15/h1-6,10-11,15,20H,7-9,12H2,(H,21,22)(H,23,24). The van der Waals surface area contributed by atoms with E-state index in [1.807, 2.05) is 30.5 Å². The number of rotatable bonds is 5. The molecule has 1 aliphatic heterocycles. The van der Waals surface area contributed by atoms with Crippen molar-refractivity contribution in [2.24, 2.45) is 0 Å². The van der Waals surface area contributed by atoms with Crippen LogP contribution in [0.15, 0.2) is 48.8 Å². The summed E-state index contributed by atoms with van der Waals surface area (Å²) in [7, 11) is -2.93. The molecule has 1 aliphatic rings. The minimum absolute atomic E-state index is 0.107. The number of amides is 1. The Morgan fingerprint density at radius 3 is 2.81 bits per heavy atom. The van der Waals surface area contributed by atoms with Gasteiger partial charge in [0.2, 0.25) is 5.91 Å². The third-order valence-corrected chi connectivity index (χ3v) is 6.43. The number of aromatic nitrogens is 2. The predicted octanol–water partition coefficient (Wildman–Crippen LogP) is 2.34. The van der Waals surface area contributed by atoms with Crippen molar-refractivity contribution in [1.29, 1.82) is 0 Å². The Morgan fingerprint density at radius 2 is 2.07 bits per heavy atom. The molecule has 2 aromatic heterocycles. The molecule has 3 N–H and O–H groups in total. The van der Waals surface area contributed by atoms with Gasteiger partial charge in [0.25, 0.3) is 0 Å². The zero-order chi connectivity index (χ0) is 18.9. The van der Waals surface area contributed by atoms with E-state index in [9.17, 15) is 13.2 Å². The SMILES string of the molecule is O=C(Cc1c[nH]c2ccccc12)Nc1ccc(NC2CCS(=O)(=O)C2)nc1. The number of sulfone groups is 1. The first kappa shape index (κ1) is 17.5. The lowest BCUT2D eigenvalue weighted by Crippen LogP contribution is -2.21. The Hall–Kier alpha value is -2.87. The fraction of sp³-hybridized carbons (Fsp3) is 0.263. The molecule has 0 spiro atoms. The smallest absolute Gasteiger partial charge is 0.228 e. The van der Waals surface area contributed by atoms with Crippen molar-refractivity contribution in [2.45, 2.75) is 18.9 Å². The Bertz CT molecular complexity index is 1070. The highest BCUT2D eigenvalue weighted by Crippen LogP contribution is 2.20. The zero-order valence-electron chi connectivity index (χ0n) is 14.6. The van der Waals surface area contributed by atoms with E-state index in [2.05, 4.69) is 20.6 Å². The van der Waals surface area contributed by atoms with Gasteiger partial charge >= 0.3 is 0 Å². The molecule has 27 heavy (non-hydrogen) atoms. The maximum absolute atomic E-state index is 12.3. The van der Waals surface area contributed by atoms with Gasteiger partial charge in [0.05, 0.1) is 29.8 Å². The van der Waals surface area contributed by atoms with E-state index in [0.717, 1.165) is 16.5 Å². The summed E-state index contributed by atoms with van der Waals surface area (Å²) in [5.41, 5.74) is 2.55. The number of benzene rings is 1. The number of carbonyl (C=O) groups excluding carboxylic acids is 1. The molecule has 3 heterocycles. The largest absolute Gasteiger partial charge is 0.366 e. The third-order valence-electron chi connectivity index (χ3n) is 4.66. The van der Waals surface area contributed by atoms with Gasteiger partial charge in [0, 0.05) is 23.1 Å². The molecule has 8 heteroatoms. The highest BCUT2D eigenvalue weighted by molar-refractivity contribution is 7.91. The molecule has 1 unspecified atom stereocenters. The fourth-order valence-corrected chi connectivity index (χ4v) is 5.00. The lowest BCUT2D eigenvalue weighted by Gasteiger charge is -2.12.